The van der Waals surface area contributed by atoms with E-state index in [9.17, 15) is 24.0 Å². The van der Waals surface area contributed by atoms with Crippen molar-refractivity contribution < 1.29 is 71.3 Å². The number of esters is 3. The topological polar surface area (TPSA) is 193 Å². The molecule has 4 rings (SSSR count). The fourth-order valence-electron chi connectivity index (χ4n) is 10.3. The van der Waals surface area contributed by atoms with Gasteiger partial charge in [-0.1, -0.05) is 47.6 Å². The van der Waals surface area contributed by atoms with Crippen molar-refractivity contribution in [3.63, 3.8) is 0 Å². The van der Waals surface area contributed by atoms with Gasteiger partial charge in [0.25, 0.3) is 0 Å². The van der Waals surface area contributed by atoms with E-state index in [1.54, 1.807) is 47.6 Å². The van der Waals surface area contributed by atoms with Gasteiger partial charge in [0.15, 0.2) is 30.4 Å². The molecule has 0 bridgehead atoms. The number of cyclic esters (lactones) is 1. The third kappa shape index (κ3) is 11.7. The molecule has 17 nitrogen and oxygen atoms in total. The zero-order chi connectivity index (χ0) is 48.1. The Balaban J connectivity index is 1.95. The van der Waals surface area contributed by atoms with E-state index in [-0.39, 0.29) is 56.6 Å². The second kappa shape index (κ2) is 22.1. The molecule has 0 aliphatic carbocycles. The number of hydrogen-bond donors (Lipinski definition) is 1. The molecule has 0 radical (unpaired) electrons. The minimum absolute atomic E-state index is 0.0508. The van der Waals surface area contributed by atoms with E-state index < -0.39 is 120 Å². The normalized spacial score (nSPS) is 42.4. The van der Waals surface area contributed by atoms with E-state index in [2.05, 4.69) is 11.9 Å². The second-order valence-electron chi connectivity index (χ2n) is 19.2. The van der Waals surface area contributed by atoms with Crippen molar-refractivity contribution in [3.8, 4) is 0 Å². The van der Waals surface area contributed by atoms with Gasteiger partial charge in [-0.25, -0.2) is 4.79 Å². The number of alkyl carbamates (subject to hydrolysis) is 1. The minimum atomic E-state index is -1.41. The van der Waals surface area contributed by atoms with Gasteiger partial charge in [-0.15, -0.1) is 6.58 Å². The van der Waals surface area contributed by atoms with Crippen molar-refractivity contribution in [1.29, 1.82) is 0 Å². The van der Waals surface area contributed by atoms with Gasteiger partial charge in [-0.2, -0.15) is 0 Å². The van der Waals surface area contributed by atoms with Crippen LogP contribution in [0.5, 0.6) is 0 Å². The first kappa shape index (κ1) is 53.4. The van der Waals surface area contributed by atoms with E-state index in [1.807, 2.05) is 60.5 Å². The van der Waals surface area contributed by atoms with Gasteiger partial charge < -0.3 is 57.6 Å². The van der Waals surface area contributed by atoms with Crippen LogP contribution >= 0.6 is 0 Å². The van der Waals surface area contributed by atoms with Gasteiger partial charge in [0.2, 0.25) is 0 Å². The first-order valence-electron chi connectivity index (χ1n) is 23.1. The average molecular weight is 911 g/mol. The maximum absolute atomic E-state index is 14.8. The summed E-state index contributed by atoms with van der Waals surface area (Å²) in [7, 11) is 5.33. The molecule has 0 saturated carbocycles. The van der Waals surface area contributed by atoms with Crippen molar-refractivity contribution in [3.05, 3.63) is 12.7 Å². The molecule has 4 saturated heterocycles. The highest BCUT2D eigenvalue weighted by Crippen LogP contribution is 2.44. The van der Waals surface area contributed by atoms with Crippen LogP contribution in [0.1, 0.15) is 122 Å². The van der Waals surface area contributed by atoms with Crippen molar-refractivity contribution in [2.45, 2.75) is 206 Å². The third-order valence-corrected chi connectivity index (χ3v) is 14.0. The highest BCUT2D eigenvalue weighted by atomic mass is 16.7. The monoisotopic (exact) mass is 911 g/mol. The Morgan fingerprint density at radius 1 is 0.859 bits per heavy atom. The summed E-state index contributed by atoms with van der Waals surface area (Å²) >= 11 is 0. The smallest absolute Gasteiger partial charge is 0.408 e. The number of carbonyl (C=O) groups is 5. The number of carbonyl (C=O) groups excluding carboxylic acids is 5. The Labute approximate surface area is 380 Å². The van der Waals surface area contributed by atoms with Crippen LogP contribution in [0.4, 0.5) is 4.79 Å². The van der Waals surface area contributed by atoms with Crippen molar-refractivity contribution in [1.82, 2.24) is 10.2 Å². The molecule has 18 atom stereocenters. The van der Waals surface area contributed by atoms with Crippen LogP contribution in [-0.4, -0.2) is 147 Å². The molecular formula is C47H78N2O15. The van der Waals surface area contributed by atoms with Crippen LogP contribution in [0.15, 0.2) is 12.7 Å². The van der Waals surface area contributed by atoms with Crippen LogP contribution in [0.2, 0.25) is 0 Å². The molecule has 17 heteroatoms. The lowest BCUT2D eigenvalue weighted by Gasteiger charge is -2.50. The van der Waals surface area contributed by atoms with Gasteiger partial charge in [-0.3, -0.25) is 19.2 Å². The predicted molar refractivity (Wildman–Crippen MR) is 234 cm³/mol. The summed E-state index contributed by atoms with van der Waals surface area (Å²) < 4.78 is 64.2. The number of nitrogens with one attached hydrogen (secondary N) is 1. The number of ether oxygens (including phenoxy) is 10. The number of ketones is 1. The number of hydrogen-bond acceptors (Lipinski definition) is 16. The number of methoxy groups -OCH3 is 1. The lowest BCUT2D eigenvalue weighted by molar-refractivity contribution is -0.321. The van der Waals surface area contributed by atoms with Crippen LogP contribution in [-0.2, 0) is 66.5 Å². The van der Waals surface area contributed by atoms with Gasteiger partial charge >= 0.3 is 24.0 Å². The molecule has 1 N–H and O–H groups in total. The van der Waals surface area contributed by atoms with Crippen molar-refractivity contribution >= 4 is 29.8 Å². The van der Waals surface area contributed by atoms with Crippen molar-refractivity contribution in [2.24, 2.45) is 23.7 Å². The molecule has 4 fully saturated rings. The highest BCUT2D eigenvalue weighted by molar-refractivity contribution is 5.85. The maximum Gasteiger partial charge on any atom is 0.408 e. The van der Waals surface area contributed by atoms with E-state index in [1.165, 1.54) is 7.11 Å². The lowest BCUT2D eigenvalue weighted by Crippen LogP contribution is -2.62. The van der Waals surface area contributed by atoms with E-state index in [0.717, 1.165) is 0 Å². The number of likely N-dealkylation sites (N-methyl/N-ethyl adjacent to an activating group) is 1. The standard InChI is InChI=1S/C47H78N2O15/c1-17-21-56-46(12)23-25(5)36(52)27(7)39-47(13,64-44(54)48-39)32(18-2)59-42(53)29(9)37(62-35-24-45(11,55-16)41(30(10)58-35)61-34(51)20-4)28(8)40(46)63-43-38(60-33(50)19-3)31(49(14)15)22-26(6)57-43/h17,25-32,35,37-41,43H,1,18-24H2,2-16H3,(H,48,54)/t25-,26-,27-,28+,29-,30+,31+,32+,35+,37+,38-,39-,40-,41+,43+,45-,46+,47-/m1/s1. The lowest BCUT2D eigenvalue weighted by atomic mass is 9.73. The largest absolute Gasteiger partial charge is 0.458 e. The number of nitrogens with zero attached hydrogens (tertiary/aromatic N) is 1. The predicted octanol–water partition coefficient (Wildman–Crippen LogP) is 5.67. The fraction of sp³-hybridized carbons (Fsp3) is 0.851. The molecule has 4 aliphatic rings. The summed E-state index contributed by atoms with van der Waals surface area (Å²) in [6.07, 6.45) is -5.76. The Hall–Kier alpha value is -3.19. The van der Waals surface area contributed by atoms with Gasteiger partial charge in [0.05, 0.1) is 54.6 Å². The van der Waals surface area contributed by atoms with Crippen LogP contribution in [0, 0.1) is 23.7 Å². The summed E-state index contributed by atoms with van der Waals surface area (Å²) in [6.45, 7) is 25.3. The van der Waals surface area contributed by atoms with E-state index in [0.29, 0.717) is 6.42 Å². The number of fused-ring (bicyclic) bond motifs is 1. The van der Waals surface area contributed by atoms with Crippen LogP contribution in [0.3, 0.4) is 0 Å². The summed E-state index contributed by atoms with van der Waals surface area (Å²) in [4.78, 5) is 70.1. The summed E-state index contributed by atoms with van der Waals surface area (Å²) in [6, 6.07) is -1.15. The molecule has 0 aromatic rings. The summed E-state index contributed by atoms with van der Waals surface area (Å²) in [5.41, 5.74) is -3.82. The quantitative estimate of drug-likeness (QED) is 0.127. The van der Waals surface area contributed by atoms with Crippen molar-refractivity contribution in [2.75, 3.05) is 27.8 Å². The molecular weight excluding hydrogens is 833 g/mol. The summed E-state index contributed by atoms with van der Waals surface area (Å²) in [5.74, 6) is -5.00. The fourth-order valence-corrected chi connectivity index (χ4v) is 10.3. The molecule has 64 heavy (non-hydrogen) atoms. The van der Waals surface area contributed by atoms with Gasteiger partial charge in [0, 0.05) is 44.1 Å². The molecule has 0 spiro atoms. The highest BCUT2D eigenvalue weighted by Gasteiger charge is 2.58. The van der Waals surface area contributed by atoms with E-state index in [4.69, 9.17) is 47.4 Å². The molecule has 4 aliphatic heterocycles. The molecule has 366 valence electrons. The molecule has 4 heterocycles. The third-order valence-electron chi connectivity index (χ3n) is 14.0. The zero-order valence-electron chi connectivity index (χ0n) is 41.0. The number of rotatable bonds is 14. The Bertz CT molecular complexity index is 1650. The first-order valence-corrected chi connectivity index (χ1v) is 23.1. The zero-order valence-corrected chi connectivity index (χ0v) is 41.0. The van der Waals surface area contributed by atoms with Gasteiger partial charge in [0.1, 0.15) is 17.5 Å². The minimum Gasteiger partial charge on any atom is -0.458 e. The Morgan fingerprint density at radius 2 is 1.50 bits per heavy atom. The number of amides is 1. The summed E-state index contributed by atoms with van der Waals surface area (Å²) in [5, 5.41) is 2.85. The Kier molecular flexibility index (Phi) is 18.4. The Morgan fingerprint density at radius 3 is 2.08 bits per heavy atom. The van der Waals surface area contributed by atoms with Gasteiger partial charge in [-0.05, 0) is 74.9 Å². The van der Waals surface area contributed by atoms with Crippen LogP contribution < -0.4 is 5.32 Å². The first-order chi connectivity index (χ1) is 29.9. The van der Waals surface area contributed by atoms with E-state index >= 15 is 0 Å². The van der Waals surface area contributed by atoms with Crippen LogP contribution in [0.25, 0.3) is 0 Å². The molecule has 0 aromatic carbocycles. The second-order valence-corrected chi connectivity index (χ2v) is 19.2. The SMILES string of the molecule is C=CCO[C@@]1(C)C[C@@H](C)C(=O)[C@@H](C)[C@H]2NC(=O)O[C@]2(C)[C@H](CC)OC(=O)[C@H](C)[C@@H](O[C@H]2C[C@@](C)(OC)[C@@H](OC(=O)CC)[C@H](C)O2)[C@H](C)[C@H]1O[C@@H]1O[C@H](C)C[C@H](N(C)C)[C@H]1OC(=O)CC. The average Bonchev–Trinajstić information content (AvgIpc) is 3.56. The molecule has 1 amide bonds. The molecule has 0 unspecified atom stereocenters. The molecule has 0 aromatic heterocycles. The number of Topliss-reactive ketones (excluding diaryl/α,β-unsaturated/α-hetero) is 1. The maximum atomic E-state index is 14.8.